The standard InChI is InChI=1S/C26H26ClNO3/c1-26(2,21-8-10-23(29)11-9-21)22-15-20(14-18-6-4-5-7-19(18)17-28)25(31-13-12-27)24(16-22)30-3/h4-11,15-16,29H,12-14H2,1-3H3. The van der Waals surface area contributed by atoms with Crippen LogP contribution in [-0.2, 0) is 11.8 Å². The van der Waals surface area contributed by atoms with Gasteiger partial charge in [0.2, 0.25) is 0 Å². The Bertz CT molecular complexity index is 1080. The van der Waals surface area contributed by atoms with Crippen molar-refractivity contribution in [1.82, 2.24) is 0 Å². The van der Waals surface area contributed by atoms with E-state index in [1.54, 1.807) is 19.2 Å². The van der Waals surface area contributed by atoms with Crippen LogP contribution in [0.1, 0.15) is 41.7 Å². The normalized spacial score (nSPS) is 11.1. The van der Waals surface area contributed by atoms with Gasteiger partial charge in [-0.2, -0.15) is 5.26 Å². The minimum Gasteiger partial charge on any atom is -0.508 e. The summed E-state index contributed by atoms with van der Waals surface area (Å²) in [5, 5.41) is 19.2. The molecule has 3 aromatic rings. The Morgan fingerprint density at radius 1 is 1.00 bits per heavy atom. The second-order valence-corrected chi connectivity index (χ2v) is 8.20. The van der Waals surface area contributed by atoms with Crippen LogP contribution >= 0.6 is 11.6 Å². The molecule has 0 fully saturated rings. The summed E-state index contributed by atoms with van der Waals surface area (Å²) in [4.78, 5) is 0. The number of benzene rings is 3. The van der Waals surface area contributed by atoms with Gasteiger partial charge in [0, 0.05) is 17.4 Å². The molecule has 0 amide bonds. The molecule has 0 unspecified atom stereocenters. The maximum Gasteiger partial charge on any atom is 0.164 e. The van der Waals surface area contributed by atoms with E-state index in [0.717, 1.165) is 22.3 Å². The molecular weight excluding hydrogens is 410 g/mol. The van der Waals surface area contributed by atoms with Crippen LogP contribution in [0.3, 0.4) is 0 Å². The third-order valence-corrected chi connectivity index (χ3v) is 5.66. The first-order valence-corrected chi connectivity index (χ1v) is 10.6. The van der Waals surface area contributed by atoms with E-state index in [4.69, 9.17) is 21.1 Å². The van der Waals surface area contributed by atoms with Crippen LogP contribution in [0.15, 0.2) is 60.7 Å². The van der Waals surface area contributed by atoms with Gasteiger partial charge < -0.3 is 14.6 Å². The van der Waals surface area contributed by atoms with E-state index in [1.807, 2.05) is 42.5 Å². The number of hydrogen-bond donors (Lipinski definition) is 1. The minimum atomic E-state index is -0.352. The number of ether oxygens (including phenoxy) is 2. The molecule has 0 saturated heterocycles. The molecule has 3 rings (SSSR count). The van der Waals surface area contributed by atoms with Crippen molar-refractivity contribution < 1.29 is 14.6 Å². The van der Waals surface area contributed by atoms with E-state index >= 15 is 0 Å². The molecule has 1 N–H and O–H groups in total. The lowest BCUT2D eigenvalue weighted by Crippen LogP contribution is -2.20. The van der Waals surface area contributed by atoms with E-state index in [0.29, 0.717) is 36.0 Å². The first-order chi connectivity index (χ1) is 14.9. The predicted octanol–water partition coefficient (Wildman–Crippen LogP) is 5.81. The SMILES string of the molecule is COc1cc(C(C)(C)c2ccc(O)cc2)cc(Cc2ccccc2C#N)c1OCCCl. The first kappa shape index (κ1) is 22.5. The lowest BCUT2D eigenvalue weighted by molar-refractivity contribution is 0.309. The number of methoxy groups -OCH3 is 1. The fourth-order valence-corrected chi connectivity index (χ4v) is 3.72. The first-order valence-electron chi connectivity index (χ1n) is 10.1. The molecule has 31 heavy (non-hydrogen) atoms. The Hall–Kier alpha value is -3.16. The third kappa shape index (κ3) is 4.95. The van der Waals surface area contributed by atoms with Gasteiger partial charge in [0.15, 0.2) is 11.5 Å². The number of halogens is 1. The van der Waals surface area contributed by atoms with E-state index < -0.39 is 0 Å². The molecule has 0 spiro atoms. The van der Waals surface area contributed by atoms with Crippen LogP contribution in [-0.4, -0.2) is 24.7 Å². The molecule has 0 aliphatic rings. The molecule has 0 aliphatic heterocycles. The van der Waals surface area contributed by atoms with E-state index in [1.165, 1.54) is 0 Å². The maximum absolute atomic E-state index is 9.68. The molecule has 0 aromatic heterocycles. The van der Waals surface area contributed by atoms with Crippen LogP contribution in [0.4, 0.5) is 0 Å². The summed E-state index contributed by atoms with van der Waals surface area (Å²) in [5.74, 6) is 1.86. The maximum atomic E-state index is 9.68. The predicted molar refractivity (Wildman–Crippen MR) is 123 cm³/mol. The second-order valence-electron chi connectivity index (χ2n) is 7.82. The second kappa shape index (κ2) is 9.76. The number of nitriles is 1. The minimum absolute atomic E-state index is 0.232. The van der Waals surface area contributed by atoms with Crippen molar-refractivity contribution in [3.05, 3.63) is 88.5 Å². The van der Waals surface area contributed by atoms with Crippen LogP contribution < -0.4 is 9.47 Å². The Morgan fingerprint density at radius 3 is 2.35 bits per heavy atom. The number of rotatable bonds is 8. The zero-order valence-corrected chi connectivity index (χ0v) is 18.7. The fourth-order valence-electron chi connectivity index (χ4n) is 3.64. The highest BCUT2D eigenvalue weighted by atomic mass is 35.5. The summed E-state index contributed by atoms with van der Waals surface area (Å²) in [6.07, 6.45) is 0.525. The molecule has 0 atom stereocenters. The molecule has 0 radical (unpaired) electrons. The summed E-state index contributed by atoms with van der Waals surface area (Å²) < 4.78 is 11.7. The van der Waals surface area contributed by atoms with E-state index in [9.17, 15) is 10.4 Å². The molecule has 3 aromatic carbocycles. The van der Waals surface area contributed by atoms with Gasteiger partial charge in [-0.15, -0.1) is 11.6 Å². The highest BCUT2D eigenvalue weighted by Crippen LogP contribution is 2.41. The van der Waals surface area contributed by atoms with Crippen molar-refractivity contribution >= 4 is 11.6 Å². The molecule has 160 valence electrons. The van der Waals surface area contributed by atoms with Crippen molar-refractivity contribution in [2.75, 3.05) is 19.6 Å². The summed E-state index contributed by atoms with van der Waals surface area (Å²) in [6, 6.07) is 21.1. The van der Waals surface area contributed by atoms with Crippen molar-refractivity contribution in [3.8, 4) is 23.3 Å². The van der Waals surface area contributed by atoms with Gasteiger partial charge in [0.1, 0.15) is 12.4 Å². The zero-order chi connectivity index (χ0) is 22.4. The largest absolute Gasteiger partial charge is 0.508 e. The average Bonchev–Trinajstić information content (AvgIpc) is 2.78. The highest BCUT2D eigenvalue weighted by molar-refractivity contribution is 6.18. The number of phenols is 1. The average molecular weight is 436 g/mol. The Kier molecular flexibility index (Phi) is 7.09. The topological polar surface area (TPSA) is 62.5 Å². The smallest absolute Gasteiger partial charge is 0.164 e. The van der Waals surface area contributed by atoms with E-state index in [-0.39, 0.29) is 11.2 Å². The molecule has 0 bridgehead atoms. The van der Waals surface area contributed by atoms with Gasteiger partial charge in [-0.1, -0.05) is 50.2 Å². The van der Waals surface area contributed by atoms with Gasteiger partial charge in [0.05, 0.1) is 24.6 Å². The summed E-state index contributed by atoms with van der Waals surface area (Å²) in [6.45, 7) is 4.60. The molecule has 0 heterocycles. The number of phenolic OH excluding ortho intramolecular Hbond substituents is 1. The van der Waals surface area contributed by atoms with Crippen LogP contribution in [0.25, 0.3) is 0 Å². The lowest BCUT2D eigenvalue weighted by atomic mass is 9.77. The molecule has 4 nitrogen and oxygen atoms in total. The van der Waals surface area contributed by atoms with Crippen LogP contribution in [0.2, 0.25) is 0 Å². The van der Waals surface area contributed by atoms with Crippen LogP contribution in [0.5, 0.6) is 17.2 Å². The Balaban J connectivity index is 2.14. The van der Waals surface area contributed by atoms with Crippen molar-refractivity contribution in [3.63, 3.8) is 0 Å². The number of aromatic hydroxyl groups is 1. The van der Waals surface area contributed by atoms with E-state index in [2.05, 4.69) is 26.0 Å². The molecule has 0 aliphatic carbocycles. The Morgan fingerprint density at radius 2 is 1.71 bits per heavy atom. The number of nitrogens with zero attached hydrogens (tertiary/aromatic N) is 1. The number of alkyl halides is 1. The number of hydrogen-bond acceptors (Lipinski definition) is 4. The van der Waals surface area contributed by atoms with Gasteiger partial charge in [-0.3, -0.25) is 0 Å². The molecular formula is C26H26ClNO3. The quantitative estimate of drug-likeness (QED) is 0.454. The van der Waals surface area contributed by atoms with Gasteiger partial charge in [-0.05, 0) is 41.0 Å². The highest BCUT2D eigenvalue weighted by Gasteiger charge is 2.27. The Labute approximate surface area is 188 Å². The molecule has 0 saturated carbocycles. The fraction of sp³-hybridized carbons (Fsp3) is 0.269. The van der Waals surface area contributed by atoms with Crippen molar-refractivity contribution in [1.29, 1.82) is 5.26 Å². The van der Waals surface area contributed by atoms with Crippen molar-refractivity contribution in [2.45, 2.75) is 25.7 Å². The van der Waals surface area contributed by atoms with Gasteiger partial charge >= 0.3 is 0 Å². The monoisotopic (exact) mass is 435 g/mol. The summed E-state index contributed by atoms with van der Waals surface area (Å²) >= 11 is 5.87. The van der Waals surface area contributed by atoms with Gasteiger partial charge in [-0.25, -0.2) is 0 Å². The summed E-state index contributed by atoms with van der Waals surface area (Å²) in [5.41, 5.74) is 4.22. The molecule has 5 heteroatoms. The zero-order valence-electron chi connectivity index (χ0n) is 18.0. The lowest BCUT2D eigenvalue weighted by Gasteiger charge is -2.28. The van der Waals surface area contributed by atoms with Crippen LogP contribution in [0, 0.1) is 11.3 Å². The third-order valence-electron chi connectivity index (χ3n) is 5.50. The van der Waals surface area contributed by atoms with Crippen molar-refractivity contribution in [2.24, 2.45) is 0 Å². The summed E-state index contributed by atoms with van der Waals surface area (Å²) in [7, 11) is 1.62. The van der Waals surface area contributed by atoms with Gasteiger partial charge in [0.25, 0.3) is 0 Å².